The summed E-state index contributed by atoms with van der Waals surface area (Å²) in [6.45, 7) is 6.67. The van der Waals surface area contributed by atoms with Gasteiger partial charge in [0.25, 0.3) is 0 Å². The van der Waals surface area contributed by atoms with E-state index in [0.29, 0.717) is 18.1 Å². The van der Waals surface area contributed by atoms with Gasteiger partial charge >= 0.3 is 6.09 Å². The number of ether oxygens (including phenoxy) is 2. The van der Waals surface area contributed by atoms with E-state index in [2.05, 4.69) is 27.3 Å². The van der Waals surface area contributed by atoms with Gasteiger partial charge in [-0.3, -0.25) is 0 Å². The largest absolute Gasteiger partial charge is 0.494 e. The lowest BCUT2D eigenvalue weighted by Crippen LogP contribution is -2.59. The quantitative estimate of drug-likeness (QED) is 0.372. The number of benzene rings is 2. The van der Waals surface area contributed by atoms with Crippen LogP contribution in [0.15, 0.2) is 48.5 Å². The van der Waals surface area contributed by atoms with Crippen molar-refractivity contribution in [1.82, 2.24) is 15.1 Å². The van der Waals surface area contributed by atoms with Crippen LogP contribution in [0.2, 0.25) is 0 Å². The molecule has 2 aromatic carbocycles. The lowest BCUT2D eigenvalue weighted by atomic mass is 9.57. The number of hydrogen-bond donors (Lipinski definition) is 1. The summed E-state index contributed by atoms with van der Waals surface area (Å²) in [5.41, 5.74) is 1.48. The van der Waals surface area contributed by atoms with E-state index in [0.717, 1.165) is 89.1 Å². The Morgan fingerprint density at radius 3 is 2.49 bits per heavy atom. The highest BCUT2D eigenvalue weighted by Gasteiger charge is 2.53. The zero-order chi connectivity index (χ0) is 28.7. The molecule has 1 aliphatic carbocycles. The molecule has 0 aromatic heterocycles. The predicted octanol–water partition coefficient (Wildman–Crippen LogP) is 5.35. The van der Waals surface area contributed by atoms with Crippen LogP contribution in [0.1, 0.15) is 56.1 Å². The van der Waals surface area contributed by atoms with Crippen LogP contribution < -0.4 is 10.1 Å². The molecular weight excluding hydrogens is 519 g/mol. The predicted molar refractivity (Wildman–Crippen MR) is 156 cm³/mol. The molecule has 1 unspecified atom stereocenters. The third-order valence-corrected chi connectivity index (χ3v) is 9.65. The van der Waals surface area contributed by atoms with Gasteiger partial charge in [-0.15, -0.1) is 0 Å². The van der Waals surface area contributed by atoms with Gasteiger partial charge in [0, 0.05) is 24.5 Å². The average Bonchev–Trinajstić information content (AvgIpc) is 3.44. The van der Waals surface area contributed by atoms with Crippen LogP contribution in [0.4, 0.5) is 9.18 Å². The third-order valence-electron chi connectivity index (χ3n) is 9.65. The van der Waals surface area contributed by atoms with E-state index in [1.165, 1.54) is 13.5 Å². The number of likely N-dealkylation sites (tertiary alicyclic amines) is 2. The Balaban J connectivity index is 1.29. The van der Waals surface area contributed by atoms with Crippen LogP contribution in [0.5, 0.6) is 5.75 Å². The van der Waals surface area contributed by atoms with Crippen LogP contribution in [0.3, 0.4) is 0 Å². The first-order valence-corrected chi connectivity index (χ1v) is 15.2. The zero-order valence-electron chi connectivity index (χ0n) is 24.2. The molecule has 220 valence electrons. The van der Waals surface area contributed by atoms with Gasteiger partial charge in [0.1, 0.15) is 11.6 Å². The SMILES string of the molecule is COC(=O)N[C@H]1CCC[C@@H]1C(CN1CCC1)(c1cccc(F)c1)C1CCN(CCCOc2ccc(C#N)cc2)CC1. The molecule has 2 saturated heterocycles. The number of amides is 1. The summed E-state index contributed by atoms with van der Waals surface area (Å²) in [5.74, 6) is 1.22. The van der Waals surface area contributed by atoms with E-state index in [1.54, 1.807) is 24.3 Å². The highest BCUT2D eigenvalue weighted by molar-refractivity contribution is 5.67. The normalized spacial score (nSPS) is 23.2. The number of carbonyl (C=O) groups is 1. The van der Waals surface area contributed by atoms with E-state index < -0.39 is 0 Å². The molecule has 1 amide bonds. The Morgan fingerprint density at radius 1 is 1.05 bits per heavy atom. The highest BCUT2D eigenvalue weighted by atomic mass is 19.1. The van der Waals surface area contributed by atoms with Gasteiger partial charge in [-0.1, -0.05) is 18.6 Å². The molecule has 2 aliphatic heterocycles. The molecule has 5 rings (SSSR count). The van der Waals surface area contributed by atoms with Gasteiger partial charge in [0.15, 0.2) is 0 Å². The van der Waals surface area contributed by atoms with Crippen molar-refractivity contribution in [2.75, 3.05) is 53.0 Å². The van der Waals surface area contributed by atoms with Crippen LogP contribution in [-0.4, -0.2) is 74.9 Å². The van der Waals surface area contributed by atoms with Crippen molar-refractivity contribution in [3.05, 3.63) is 65.5 Å². The summed E-state index contributed by atoms with van der Waals surface area (Å²) in [6, 6.07) is 16.7. The molecule has 2 heterocycles. The molecule has 1 saturated carbocycles. The molecule has 3 atom stereocenters. The Morgan fingerprint density at radius 2 is 1.83 bits per heavy atom. The summed E-state index contributed by atoms with van der Waals surface area (Å²) < 4.78 is 25.7. The smallest absolute Gasteiger partial charge is 0.407 e. The van der Waals surface area contributed by atoms with Crippen molar-refractivity contribution in [2.24, 2.45) is 11.8 Å². The second kappa shape index (κ2) is 13.7. The summed E-state index contributed by atoms with van der Waals surface area (Å²) in [7, 11) is 1.42. The Kier molecular flexibility index (Phi) is 9.79. The van der Waals surface area contributed by atoms with Crippen LogP contribution in [0.25, 0.3) is 0 Å². The summed E-state index contributed by atoms with van der Waals surface area (Å²) in [6.07, 6.45) is 6.84. The van der Waals surface area contributed by atoms with Gasteiger partial charge in [-0.2, -0.15) is 5.26 Å². The summed E-state index contributed by atoms with van der Waals surface area (Å²) in [4.78, 5) is 17.4. The number of alkyl carbamates (subject to hydrolysis) is 1. The fourth-order valence-corrected chi connectivity index (χ4v) is 7.51. The summed E-state index contributed by atoms with van der Waals surface area (Å²) in [5, 5.41) is 12.1. The highest BCUT2D eigenvalue weighted by Crippen LogP contribution is 2.51. The molecule has 41 heavy (non-hydrogen) atoms. The minimum atomic E-state index is -0.378. The van der Waals surface area contributed by atoms with Gasteiger partial charge in [0.05, 0.1) is 25.3 Å². The molecule has 8 heteroatoms. The zero-order valence-corrected chi connectivity index (χ0v) is 24.2. The van der Waals surface area contributed by atoms with E-state index in [4.69, 9.17) is 14.7 Å². The second-order valence-electron chi connectivity index (χ2n) is 11.9. The van der Waals surface area contributed by atoms with Crippen LogP contribution >= 0.6 is 0 Å². The number of hydrogen-bond acceptors (Lipinski definition) is 6. The maximum absolute atomic E-state index is 14.8. The van der Waals surface area contributed by atoms with E-state index in [-0.39, 0.29) is 29.3 Å². The third kappa shape index (κ3) is 6.85. The molecule has 0 bridgehead atoms. The maximum Gasteiger partial charge on any atom is 0.407 e. The number of carbonyl (C=O) groups excluding carboxylic acids is 1. The van der Waals surface area contributed by atoms with Gasteiger partial charge in [-0.25, -0.2) is 9.18 Å². The fourth-order valence-electron chi connectivity index (χ4n) is 7.51. The molecule has 1 N–H and O–H groups in total. The first-order valence-electron chi connectivity index (χ1n) is 15.2. The van der Waals surface area contributed by atoms with Crippen molar-refractivity contribution in [3.63, 3.8) is 0 Å². The number of halogens is 1. The maximum atomic E-state index is 14.8. The molecule has 0 radical (unpaired) electrons. The van der Waals surface area contributed by atoms with Crippen molar-refractivity contribution < 1.29 is 18.7 Å². The Labute approximate surface area is 243 Å². The second-order valence-corrected chi connectivity index (χ2v) is 11.9. The molecular formula is C33H43FN4O3. The Bertz CT molecular complexity index is 1190. The van der Waals surface area contributed by atoms with Crippen molar-refractivity contribution in [1.29, 1.82) is 5.26 Å². The van der Waals surface area contributed by atoms with E-state index in [1.807, 2.05) is 18.2 Å². The summed E-state index contributed by atoms with van der Waals surface area (Å²) >= 11 is 0. The number of rotatable bonds is 11. The van der Waals surface area contributed by atoms with E-state index >= 15 is 0 Å². The van der Waals surface area contributed by atoms with Crippen molar-refractivity contribution in [2.45, 2.75) is 56.4 Å². The van der Waals surface area contributed by atoms with Gasteiger partial charge in [0.2, 0.25) is 0 Å². The molecule has 3 fully saturated rings. The van der Waals surface area contributed by atoms with Crippen molar-refractivity contribution in [3.8, 4) is 11.8 Å². The molecule has 7 nitrogen and oxygen atoms in total. The van der Waals surface area contributed by atoms with Crippen molar-refractivity contribution >= 4 is 6.09 Å². The first kappa shape index (κ1) is 29.3. The first-order chi connectivity index (χ1) is 20.0. The lowest BCUT2D eigenvalue weighted by molar-refractivity contribution is 0.0248. The van der Waals surface area contributed by atoms with Gasteiger partial charge < -0.3 is 24.6 Å². The lowest BCUT2D eigenvalue weighted by Gasteiger charge is -2.53. The molecule has 0 spiro atoms. The van der Waals surface area contributed by atoms with Crippen LogP contribution in [-0.2, 0) is 10.2 Å². The molecule has 2 aromatic rings. The van der Waals surface area contributed by atoms with E-state index in [9.17, 15) is 9.18 Å². The number of methoxy groups -OCH3 is 1. The Hall–Kier alpha value is -3.15. The van der Waals surface area contributed by atoms with Gasteiger partial charge in [-0.05, 0) is 119 Å². The topological polar surface area (TPSA) is 77.8 Å². The van der Waals surface area contributed by atoms with Crippen LogP contribution in [0, 0.1) is 29.0 Å². The standard InChI is InChI=1S/C33H43FN4O3/c1-40-32(39)36-31-9-3-8-30(31)33(24-38-16-4-17-38,27-6-2-7-28(34)22-27)26-14-19-37(20-15-26)18-5-21-41-29-12-10-25(23-35)11-13-29/h2,6-7,10-13,22,26,30-31H,3-5,8-9,14-21,24H2,1H3,(H,36,39)/t30-,31-,33?/m0/s1. The minimum Gasteiger partial charge on any atom is -0.494 e. The fraction of sp³-hybridized carbons (Fsp3) is 0.576. The monoisotopic (exact) mass is 562 g/mol. The number of nitrogens with one attached hydrogen (secondary N) is 1. The minimum absolute atomic E-state index is 0.0180. The average molecular weight is 563 g/mol. The number of nitrogens with zero attached hydrogens (tertiary/aromatic N) is 3. The number of nitriles is 1. The molecule has 3 aliphatic rings. The number of piperidine rings is 1.